The van der Waals surface area contributed by atoms with E-state index in [1.807, 2.05) is 0 Å². The Labute approximate surface area is 148 Å². The van der Waals surface area contributed by atoms with E-state index in [-0.39, 0.29) is 11.8 Å². The van der Waals surface area contributed by atoms with Crippen molar-refractivity contribution in [3.05, 3.63) is 29.3 Å². The van der Waals surface area contributed by atoms with Crippen LogP contribution >= 0.6 is 0 Å². The van der Waals surface area contributed by atoms with Crippen molar-refractivity contribution < 1.29 is 4.79 Å². The van der Waals surface area contributed by atoms with E-state index < -0.39 is 0 Å². The highest BCUT2D eigenvalue weighted by atomic mass is 16.1. The van der Waals surface area contributed by atoms with Gasteiger partial charge in [-0.2, -0.15) is 0 Å². The van der Waals surface area contributed by atoms with Gasteiger partial charge < -0.3 is 11.1 Å². The summed E-state index contributed by atoms with van der Waals surface area (Å²) in [5.74, 6) is 1.00. The van der Waals surface area contributed by atoms with E-state index in [1.54, 1.807) is 0 Å². The molecule has 136 valence electrons. The second-order valence-electron chi connectivity index (χ2n) is 6.90. The fourth-order valence-corrected chi connectivity index (χ4v) is 3.83. The highest BCUT2D eigenvalue weighted by molar-refractivity contribution is 5.94. The number of nitrogens with one attached hydrogen (secondary N) is 1. The van der Waals surface area contributed by atoms with E-state index in [4.69, 9.17) is 0 Å². The lowest BCUT2D eigenvalue weighted by Crippen LogP contribution is -2.30. The van der Waals surface area contributed by atoms with Crippen molar-refractivity contribution in [3.63, 3.8) is 0 Å². The van der Waals surface area contributed by atoms with Crippen LogP contribution in [0.3, 0.4) is 0 Å². The molecule has 1 amide bonds. The number of para-hydroxylation sites is 1. The molecule has 1 aliphatic rings. The Balaban J connectivity index is 0.00000139. The molecule has 3 heteroatoms. The van der Waals surface area contributed by atoms with Crippen LogP contribution < -0.4 is 11.1 Å². The summed E-state index contributed by atoms with van der Waals surface area (Å²) in [6, 6.07) is 6.20. The third-order valence-electron chi connectivity index (χ3n) is 5.13. The van der Waals surface area contributed by atoms with Crippen molar-refractivity contribution in [1.82, 2.24) is 0 Å². The van der Waals surface area contributed by atoms with Gasteiger partial charge in [0, 0.05) is 11.6 Å². The monoisotopic (exact) mass is 332 g/mol. The molecule has 1 aliphatic carbocycles. The van der Waals surface area contributed by atoms with Crippen LogP contribution in [-0.2, 0) is 4.79 Å². The molecule has 3 nitrogen and oxygen atoms in total. The van der Waals surface area contributed by atoms with Gasteiger partial charge in [0.1, 0.15) is 0 Å². The zero-order valence-electron chi connectivity index (χ0n) is 16.0. The Morgan fingerprint density at radius 2 is 1.67 bits per heavy atom. The lowest BCUT2D eigenvalue weighted by Gasteiger charge is -2.26. The Morgan fingerprint density at radius 3 is 2.17 bits per heavy atom. The molecule has 1 aromatic carbocycles. The maximum Gasteiger partial charge on any atom is 0.227 e. The van der Waals surface area contributed by atoms with Gasteiger partial charge >= 0.3 is 0 Å². The second kappa shape index (κ2) is 11.2. The van der Waals surface area contributed by atoms with Crippen LogP contribution in [0.15, 0.2) is 18.2 Å². The summed E-state index contributed by atoms with van der Waals surface area (Å²) in [7, 11) is 1.50. The number of hydrogen-bond acceptors (Lipinski definition) is 2. The van der Waals surface area contributed by atoms with Gasteiger partial charge in [-0.15, -0.1) is 0 Å². The number of aryl methyl sites for hydroxylation is 2. The lowest BCUT2D eigenvalue weighted by atomic mass is 9.82. The van der Waals surface area contributed by atoms with Crippen molar-refractivity contribution in [1.29, 1.82) is 0 Å². The van der Waals surface area contributed by atoms with Crippen LogP contribution in [0.25, 0.3) is 0 Å². The minimum Gasteiger partial charge on any atom is -0.333 e. The number of amides is 1. The van der Waals surface area contributed by atoms with Gasteiger partial charge in [0.05, 0.1) is 0 Å². The van der Waals surface area contributed by atoms with Crippen LogP contribution in [0.1, 0.15) is 69.4 Å². The maximum atomic E-state index is 12.9. The molecule has 0 saturated heterocycles. The molecule has 0 aliphatic heterocycles. The molecule has 1 aromatic rings. The molecule has 0 radical (unpaired) electrons. The fraction of sp³-hybridized carbons (Fsp3) is 0.667. The molecule has 0 bridgehead atoms. The highest BCUT2D eigenvalue weighted by Gasteiger charge is 2.28. The number of hydrogen-bond donors (Lipinski definition) is 2. The van der Waals surface area contributed by atoms with Gasteiger partial charge in [0.2, 0.25) is 5.91 Å². The molecule has 1 unspecified atom stereocenters. The van der Waals surface area contributed by atoms with E-state index in [0.717, 1.165) is 29.7 Å². The number of nitrogens with two attached hydrogens (primary N) is 1. The smallest absolute Gasteiger partial charge is 0.227 e. The number of rotatable bonds is 5. The number of carbonyl (C=O) groups excluding carboxylic acids is 1. The first-order chi connectivity index (χ1) is 11.6. The van der Waals surface area contributed by atoms with Crippen molar-refractivity contribution >= 4 is 11.6 Å². The first kappa shape index (κ1) is 20.7. The molecule has 3 N–H and O–H groups in total. The zero-order valence-corrected chi connectivity index (χ0v) is 16.0. The molecule has 1 saturated carbocycles. The van der Waals surface area contributed by atoms with E-state index in [0.29, 0.717) is 5.92 Å². The molecule has 1 fully saturated rings. The average molecular weight is 333 g/mol. The molecular formula is C21H36N2O. The van der Waals surface area contributed by atoms with Crippen LogP contribution in [-0.4, -0.2) is 13.0 Å². The number of benzene rings is 1. The van der Waals surface area contributed by atoms with Crippen LogP contribution in [0, 0.1) is 25.7 Å². The summed E-state index contributed by atoms with van der Waals surface area (Å²) >= 11 is 0. The molecule has 0 aromatic heterocycles. The minimum atomic E-state index is 0.183. The molecule has 1 atom stereocenters. The van der Waals surface area contributed by atoms with E-state index in [1.165, 1.54) is 45.6 Å². The van der Waals surface area contributed by atoms with Crippen LogP contribution in [0.5, 0.6) is 0 Å². The summed E-state index contributed by atoms with van der Waals surface area (Å²) in [4.78, 5) is 12.9. The van der Waals surface area contributed by atoms with E-state index in [9.17, 15) is 4.79 Å². The maximum absolute atomic E-state index is 12.9. The average Bonchev–Trinajstić information content (AvgIpc) is 2.87. The summed E-state index contributed by atoms with van der Waals surface area (Å²) < 4.78 is 0. The number of anilines is 1. The Bertz CT molecular complexity index is 470. The normalized spacial score (nSPS) is 16.5. The van der Waals surface area contributed by atoms with Gasteiger partial charge in [0.25, 0.3) is 0 Å². The van der Waals surface area contributed by atoms with Gasteiger partial charge in [0.15, 0.2) is 0 Å². The quantitative estimate of drug-likeness (QED) is 0.728. The predicted molar refractivity (Wildman–Crippen MR) is 104 cm³/mol. The Morgan fingerprint density at radius 1 is 1.12 bits per heavy atom. The third kappa shape index (κ3) is 5.94. The largest absolute Gasteiger partial charge is 0.333 e. The highest BCUT2D eigenvalue weighted by Crippen LogP contribution is 2.33. The van der Waals surface area contributed by atoms with E-state index >= 15 is 0 Å². The third-order valence-corrected chi connectivity index (χ3v) is 5.13. The van der Waals surface area contributed by atoms with Crippen molar-refractivity contribution in [2.75, 3.05) is 12.4 Å². The summed E-state index contributed by atoms with van der Waals surface area (Å²) in [6.45, 7) is 6.34. The molecular weight excluding hydrogens is 296 g/mol. The van der Waals surface area contributed by atoms with Crippen molar-refractivity contribution in [2.45, 2.75) is 72.1 Å². The van der Waals surface area contributed by atoms with Crippen molar-refractivity contribution in [3.8, 4) is 0 Å². The first-order valence-electron chi connectivity index (χ1n) is 9.58. The fourth-order valence-electron chi connectivity index (χ4n) is 3.83. The molecule has 2 rings (SSSR count). The lowest BCUT2D eigenvalue weighted by molar-refractivity contribution is -0.122. The van der Waals surface area contributed by atoms with Gasteiger partial charge in [-0.05, 0) is 57.2 Å². The van der Waals surface area contributed by atoms with Crippen LogP contribution in [0.2, 0.25) is 0 Å². The summed E-state index contributed by atoms with van der Waals surface area (Å²) in [5, 5.41) is 3.24. The van der Waals surface area contributed by atoms with Gasteiger partial charge in [-0.25, -0.2) is 0 Å². The van der Waals surface area contributed by atoms with E-state index in [2.05, 4.69) is 50.0 Å². The second-order valence-corrected chi connectivity index (χ2v) is 6.90. The predicted octanol–water partition coefficient (Wildman–Crippen LogP) is 5.20. The number of carbonyl (C=O) groups is 1. The summed E-state index contributed by atoms with van der Waals surface area (Å²) in [6.07, 6.45) is 9.82. The summed E-state index contributed by atoms with van der Waals surface area (Å²) in [5.41, 5.74) is 7.83. The zero-order chi connectivity index (χ0) is 17.9. The Hall–Kier alpha value is -1.35. The molecule has 24 heavy (non-hydrogen) atoms. The molecule has 0 heterocycles. The SMILES string of the molecule is CCCC(C(=O)Nc1c(C)cccc1C)C1CCCCCC1.CN. The minimum absolute atomic E-state index is 0.183. The van der Waals surface area contributed by atoms with Crippen molar-refractivity contribution in [2.24, 2.45) is 17.6 Å². The van der Waals surface area contributed by atoms with Gasteiger partial charge in [-0.1, -0.05) is 57.2 Å². The molecule has 0 spiro atoms. The topological polar surface area (TPSA) is 55.1 Å². The van der Waals surface area contributed by atoms with Gasteiger partial charge in [-0.3, -0.25) is 4.79 Å². The first-order valence-corrected chi connectivity index (χ1v) is 9.58. The standard InChI is InChI=1S/C20H31NO.CH5N/c1-4-10-18(17-13-7-5-6-8-14-17)20(22)21-19-15(2)11-9-12-16(19)3;1-2/h9,11-12,17-18H,4-8,10,13-14H2,1-3H3,(H,21,22);2H2,1H3. The van der Waals surface area contributed by atoms with Crippen LogP contribution in [0.4, 0.5) is 5.69 Å². The Kier molecular flexibility index (Phi) is 9.70.